The highest BCUT2D eigenvalue weighted by Crippen LogP contribution is 2.37. The largest absolute Gasteiger partial charge is 0.489 e. The van der Waals surface area contributed by atoms with Crippen LogP contribution in [0, 0.1) is 0 Å². The number of ether oxygens (including phenoxy) is 8. The van der Waals surface area contributed by atoms with Crippen LogP contribution in [0.15, 0.2) is 24.3 Å². The lowest BCUT2D eigenvalue weighted by molar-refractivity contribution is 0.0196. The number of methoxy groups -OCH3 is 1. The van der Waals surface area contributed by atoms with Crippen molar-refractivity contribution >= 4 is 29.7 Å². The number of unbranched alkanes of at least 4 members (excludes halogenated alkanes) is 5. The van der Waals surface area contributed by atoms with Gasteiger partial charge in [0.1, 0.15) is 5.60 Å². The molecule has 0 saturated carbocycles. The van der Waals surface area contributed by atoms with E-state index in [0.29, 0.717) is 131 Å². The maximum absolute atomic E-state index is 14.5. The Balaban J connectivity index is 2.05. The molecular weight excluding hydrogens is 979 g/mol. The molecule has 0 saturated heterocycles. The molecule has 1 unspecified atom stereocenters. The highest BCUT2D eigenvalue weighted by Gasteiger charge is 2.28. The molecule has 20 heteroatoms. The summed E-state index contributed by atoms with van der Waals surface area (Å²) in [4.78, 5) is 71.3. The minimum Gasteiger partial charge on any atom is -0.489 e. The third-order valence-corrected chi connectivity index (χ3v) is 11.9. The molecule has 76 heavy (non-hydrogen) atoms. The Morgan fingerprint density at radius 1 is 0.566 bits per heavy atom. The van der Waals surface area contributed by atoms with Crippen molar-refractivity contribution in [2.45, 2.75) is 131 Å². The maximum atomic E-state index is 14.5. The highest BCUT2D eigenvalue weighted by atomic mass is 16.6. The van der Waals surface area contributed by atoms with Crippen molar-refractivity contribution in [3.05, 3.63) is 46.5 Å². The smallest absolute Gasteiger partial charge is 0.407 e. The molecule has 4 aliphatic rings. The fourth-order valence-corrected chi connectivity index (χ4v) is 7.67. The van der Waals surface area contributed by atoms with E-state index in [1.165, 1.54) is 0 Å². The lowest BCUT2D eigenvalue weighted by Gasteiger charge is -2.24. The predicted octanol–water partition coefficient (Wildman–Crippen LogP) is 6.67. The van der Waals surface area contributed by atoms with E-state index < -0.39 is 35.5 Å². The number of carbonyl (C=O) groups is 5. The lowest BCUT2D eigenvalue weighted by Crippen LogP contribution is -2.44. The first-order chi connectivity index (χ1) is 36.8. The van der Waals surface area contributed by atoms with Gasteiger partial charge in [-0.2, -0.15) is 0 Å². The third-order valence-electron chi connectivity index (χ3n) is 11.9. The van der Waals surface area contributed by atoms with Crippen LogP contribution in [-0.4, -0.2) is 172 Å². The van der Waals surface area contributed by atoms with Crippen molar-refractivity contribution in [1.29, 1.82) is 0 Å². The summed E-state index contributed by atoms with van der Waals surface area (Å²) in [6, 6.07) is 5.99. The topological polar surface area (TPSA) is 235 Å². The number of benzene rings is 2. The predicted molar refractivity (Wildman–Crippen MR) is 294 cm³/mol. The lowest BCUT2D eigenvalue weighted by atomic mass is 10.0. The summed E-state index contributed by atoms with van der Waals surface area (Å²) in [5.41, 5.74) is 0.311. The number of alkyl carbamates (subject to hydrolysis) is 1. The second-order valence-electron chi connectivity index (χ2n) is 19.6. The molecule has 430 valence electrons. The average molecular weight is 1070 g/mol. The van der Waals surface area contributed by atoms with Gasteiger partial charge in [0, 0.05) is 72.1 Å². The molecule has 0 spiro atoms. The number of hydrogen-bond acceptors (Lipinski definition) is 15. The van der Waals surface area contributed by atoms with Gasteiger partial charge in [0.25, 0.3) is 23.6 Å². The minimum atomic E-state index is -0.628. The summed E-state index contributed by atoms with van der Waals surface area (Å²) < 4.78 is 47.2. The molecule has 1 atom stereocenters. The van der Waals surface area contributed by atoms with Crippen LogP contribution < -0.4 is 50.8 Å². The Hall–Kier alpha value is -5.41. The Bertz CT molecular complexity index is 2020. The summed E-state index contributed by atoms with van der Waals surface area (Å²) in [5.74, 6) is -0.792. The number of hydrogen-bond donors (Lipinski definition) is 6. The first kappa shape index (κ1) is 64.9. The van der Waals surface area contributed by atoms with E-state index in [9.17, 15) is 24.0 Å². The number of rotatable bonds is 30. The molecule has 20 nitrogen and oxygen atoms in total. The highest BCUT2D eigenvalue weighted by molar-refractivity contribution is 6.04. The van der Waals surface area contributed by atoms with Gasteiger partial charge in [0.15, 0.2) is 23.0 Å². The summed E-state index contributed by atoms with van der Waals surface area (Å²) in [6.45, 7) is 20.0. The summed E-state index contributed by atoms with van der Waals surface area (Å²) in [5, 5.41) is 18.5. The molecule has 4 heterocycles. The van der Waals surface area contributed by atoms with Crippen molar-refractivity contribution in [3.63, 3.8) is 0 Å². The molecule has 6 N–H and O–H groups in total. The molecule has 4 bridgehead atoms. The zero-order valence-electron chi connectivity index (χ0n) is 47.1. The Morgan fingerprint density at radius 2 is 1.00 bits per heavy atom. The van der Waals surface area contributed by atoms with E-state index in [1.807, 2.05) is 27.7 Å². The standard InChI is InChI=1S/C56H93N7O13/c1-9-13-32-72-47-43-20-21-44(48(47)73-33-14-10-2)52(65)59-27-29-63(31-36-70-39-40-71-38-37-69-8)30-28-60-53(66)45-22-23-46(50(75-35-16-12-4)49(45)74-34-15-11-3)54(67)62-42(41-57-25-26-58-51(43)64)19-17-18-24-61-55(68)76-56(5,6)7/h20-23,42,57H,9-19,24-41H2,1-8H3,(H,58,64)(H,59,65)(H,60,66)(H,61,68)(H,62,67). The Labute approximate surface area is 452 Å². The normalized spacial score (nSPS) is 15.6. The van der Waals surface area contributed by atoms with Gasteiger partial charge in [-0.15, -0.1) is 0 Å². The third kappa shape index (κ3) is 25.2. The monoisotopic (exact) mass is 1070 g/mol. The number of nitrogens with zero attached hydrogens (tertiary/aromatic N) is 1. The molecule has 6 rings (SSSR count). The van der Waals surface area contributed by atoms with Gasteiger partial charge in [0.2, 0.25) is 0 Å². The van der Waals surface area contributed by atoms with E-state index in [4.69, 9.17) is 37.9 Å². The van der Waals surface area contributed by atoms with Gasteiger partial charge in [-0.1, -0.05) is 53.4 Å². The molecule has 0 aliphatic carbocycles. The van der Waals surface area contributed by atoms with Crippen molar-refractivity contribution in [1.82, 2.24) is 36.8 Å². The molecule has 0 fully saturated rings. The molecule has 0 radical (unpaired) electrons. The first-order valence-electron chi connectivity index (χ1n) is 27.8. The van der Waals surface area contributed by atoms with E-state index >= 15 is 0 Å². The van der Waals surface area contributed by atoms with Crippen molar-refractivity contribution in [2.75, 3.05) is 125 Å². The van der Waals surface area contributed by atoms with Crippen molar-refractivity contribution in [2.24, 2.45) is 0 Å². The zero-order valence-corrected chi connectivity index (χ0v) is 47.1. The second-order valence-corrected chi connectivity index (χ2v) is 19.6. The van der Waals surface area contributed by atoms with E-state index in [1.54, 1.807) is 52.1 Å². The van der Waals surface area contributed by atoms with Gasteiger partial charge < -0.3 is 69.8 Å². The Morgan fingerprint density at radius 3 is 1.45 bits per heavy atom. The fourth-order valence-electron chi connectivity index (χ4n) is 7.67. The van der Waals surface area contributed by atoms with E-state index in [0.717, 1.165) is 38.5 Å². The number of carbonyl (C=O) groups excluding carboxylic acids is 5. The molecular formula is C56H93N7O13. The average Bonchev–Trinajstić information content (AvgIpc) is 3.38. The summed E-state index contributed by atoms with van der Waals surface area (Å²) in [7, 11) is 1.62. The molecule has 5 amide bonds. The van der Waals surface area contributed by atoms with Crippen LogP contribution in [0.3, 0.4) is 0 Å². The van der Waals surface area contributed by atoms with Crippen LogP contribution >= 0.6 is 0 Å². The minimum absolute atomic E-state index is 0.192. The molecule has 2 aromatic carbocycles. The molecule has 2 aromatic rings. The van der Waals surface area contributed by atoms with Crippen LogP contribution in [0.25, 0.3) is 0 Å². The molecule has 4 aliphatic heterocycles. The van der Waals surface area contributed by atoms with Crippen molar-refractivity contribution in [3.8, 4) is 23.0 Å². The SMILES string of the molecule is CCCCOc1c2ccc(c1OCCCC)C(=O)NCCN(CCOCCOCCOC)CCNC(=O)c1ccc(c(OCCCC)c1OCCCC)C(=O)NC(CCCCNC(=O)OC(C)(C)C)CNCCNC2=O. The van der Waals surface area contributed by atoms with Crippen LogP contribution in [-0.2, 0) is 18.9 Å². The van der Waals surface area contributed by atoms with Gasteiger partial charge >= 0.3 is 6.09 Å². The van der Waals surface area contributed by atoms with Gasteiger partial charge in [0.05, 0.1) is 81.7 Å². The second kappa shape index (κ2) is 38.2. The van der Waals surface area contributed by atoms with Crippen LogP contribution in [0.1, 0.15) is 161 Å². The van der Waals surface area contributed by atoms with Gasteiger partial charge in [-0.25, -0.2) is 4.79 Å². The summed E-state index contributed by atoms with van der Waals surface area (Å²) in [6.07, 6.45) is 7.56. The van der Waals surface area contributed by atoms with Gasteiger partial charge in [-0.3, -0.25) is 24.1 Å². The van der Waals surface area contributed by atoms with E-state index in [2.05, 4.69) is 36.8 Å². The first-order valence-corrected chi connectivity index (χ1v) is 27.8. The fraction of sp³-hybridized carbons (Fsp3) is 0.696. The van der Waals surface area contributed by atoms with Crippen LogP contribution in [0.2, 0.25) is 0 Å². The quantitative estimate of drug-likeness (QED) is 0.0449. The van der Waals surface area contributed by atoms with Crippen LogP contribution in [0.4, 0.5) is 4.79 Å². The van der Waals surface area contributed by atoms with Crippen molar-refractivity contribution < 1.29 is 61.9 Å². The maximum Gasteiger partial charge on any atom is 0.407 e. The molecule has 0 aromatic heterocycles. The van der Waals surface area contributed by atoms with E-state index in [-0.39, 0.29) is 70.8 Å². The number of nitrogens with one attached hydrogen (secondary N) is 6. The Kier molecular flexibility index (Phi) is 32.6. The van der Waals surface area contributed by atoms with Gasteiger partial charge in [-0.05, 0) is 90.0 Å². The number of amides is 5. The van der Waals surface area contributed by atoms with Crippen LogP contribution in [0.5, 0.6) is 23.0 Å². The zero-order chi connectivity index (χ0) is 55.4. The summed E-state index contributed by atoms with van der Waals surface area (Å²) >= 11 is 0.